The van der Waals surface area contributed by atoms with E-state index in [9.17, 15) is 0 Å². The van der Waals surface area contributed by atoms with Crippen molar-refractivity contribution in [2.75, 3.05) is 5.32 Å². The molecule has 0 fully saturated rings. The first-order valence-electron chi connectivity index (χ1n) is 6.17. The molecule has 2 heteroatoms. The van der Waals surface area contributed by atoms with Gasteiger partial charge in [-0.2, -0.15) is 0 Å². The zero-order valence-electron chi connectivity index (χ0n) is 10.9. The Kier molecular flexibility index (Phi) is 3.88. The molecule has 2 nitrogen and oxygen atoms in total. The van der Waals surface area contributed by atoms with E-state index in [1.54, 1.807) is 6.26 Å². The van der Waals surface area contributed by atoms with E-state index >= 15 is 0 Å². The highest BCUT2D eigenvalue weighted by atomic mass is 16.3. The van der Waals surface area contributed by atoms with Crippen molar-refractivity contribution in [2.24, 2.45) is 0 Å². The molecule has 2 rings (SSSR count). The second-order valence-electron chi connectivity index (χ2n) is 4.69. The van der Waals surface area contributed by atoms with Gasteiger partial charge >= 0.3 is 0 Å². The van der Waals surface area contributed by atoms with Crippen molar-refractivity contribution in [1.82, 2.24) is 0 Å². The minimum Gasteiger partial charge on any atom is -0.467 e. The van der Waals surface area contributed by atoms with Crippen molar-refractivity contribution < 1.29 is 4.42 Å². The molecule has 18 heavy (non-hydrogen) atoms. The average molecular weight is 241 g/mol. The van der Waals surface area contributed by atoms with Gasteiger partial charge in [-0.1, -0.05) is 23.8 Å². The van der Waals surface area contributed by atoms with Crippen LogP contribution in [0.25, 0.3) is 0 Å². The Hall–Kier alpha value is -1.96. The molecule has 1 aromatic heterocycles. The molecular weight excluding hydrogens is 222 g/mol. The summed E-state index contributed by atoms with van der Waals surface area (Å²) < 4.78 is 5.50. The SMILES string of the molecule is C=C(C)CC(Nc1ccccc1C)c1ccco1. The lowest BCUT2D eigenvalue weighted by molar-refractivity contribution is 0.477. The summed E-state index contributed by atoms with van der Waals surface area (Å²) in [5.41, 5.74) is 3.51. The zero-order valence-corrected chi connectivity index (χ0v) is 10.9. The van der Waals surface area contributed by atoms with Crippen LogP contribution in [0.5, 0.6) is 0 Å². The number of benzene rings is 1. The third-order valence-corrected chi connectivity index (χ3v) is 2.91. The summed E-state index contributed by atoms with van der Waals surface area (Å²) in [4.78, 5) is 0. The van der Waals surface area contributed by atoms with E-state index in [4.69, 9.17) is 4.42 Å². The lowest BCUT2D eigenvalue weighted by Gasteiger charge is -2.19. The Morgan fingerprint density at radius 2 is 2.06 bits per heavy atom. The van der Waals surface area contributed by atoms with Crippen LogP contribution in [0.3, 0.4) is 0 Å². The van der Waals surface area contributed by atoms with Crippen LogP contribution in [0.15, 0.2) is 59.2 Å². The Bertz CT molecular complexity index is 514. The fraction of sp³-hybridized carbons (Fsp3) is 0.250. The summed E-state index contributed by atoms with van der Waals surface area (Å²) in [5.74, 6) is 0.946. The van der Waals surface area contributed by atoms with Crippen molar-refractivity contribution in [1.29, 1.82) is 0 Å². The van der Waals surface area contributed by atoms with Crippen LogP contribution in [0, 0.1) is 6.92 Å². The van der Waals surface area contributed by atoms with Crippen molar-refractivity contribution in [3.05, 3.63) is 66.1 Å². The van der Waals surface area contributed by atoms with Gasteiger partial charge in [-0.15, -0.1) is 6.58 Å². The molecule has 2 aromatic rings. The predicted molar refractivity (Wildman–Crippen MR) is 75.7 cm³/mol. The van der Waals surface area contributed by atoms with Crippen LogP contribution < -0.4 is 5.32 Å². The van der Waals surface area contributed by atoms with Gasteiger partial charge in [-0.05, 0) is 44.0 Å². The van der Waals surface area contributed by atoms with Crippen molar-refractivity contribution in [3.63, 3.8) is 0 Å². The quantitative estimate of drug-likeness (QED) is 0.767. The second kappa shape index (κ2) is 5.58. The Morgan fingerprint density at radius 1 is 1.28 bits per heavy atom. The molecule has 1 heterocycles. The van der Waals surface area contributed by atoms with E-state index in [0.29, 0.717) is 0 Å². The number of furan rings is 1. The average Bonchev–Trinajstić information content (AvgIpc) is 2.84. The molecule has 0 spiro atoms. The van der Waals surface area contributed by atoms with E-state index in [0.717, 1.165) is 23.4 Å². The number of nitrogens with one attached hydrogen (secondary N) is 1. The Balaban J connectivity index is 2.20. The Morgan fingerprint density at radius 3 is 2.67 bits per heavy atom. The summed E-state index contributed by atoms with van der Waals surface area (Å²) in [6, 6.07) is 12.3. The monoisotopic (exact) mass is 241 g/mol. The normalized spacial score (nSPS) is 12.1. The first kappa shape index (κ1) is 12.5. The summed E-state index contributed by atoms with van der Waals surface area (Å²) >= 11 is 0. The van der Waals surface area contributed by atoms with E-state index in [-0.39, 0.29) is 6.04 Å². The molecule has 1 N–H and O–H groups in total. The fourth-order valence-corrected chi connectivity index (χ4v) is 1.98. The smallest absolute Gasteiger partial charge is 0.126 e. The van der Waals surface area contributed by atoms with Gasteiger partial charge in [0.25, 0.3) is 0 Å². The van der Waals surface area contributed by atoms with Crippen LogP contribution in [-0.4, -0.2) is 0 Å². The minimum absolute atomic E-state index is 0.138. The van der Waals surface area contributed by atoms with Gasteiger partial charge in [0.2, 0.25) is 0 Å². The minimum atomic E-state index is 0.138. The first-order valence-corrected chi connectivity index (χ1v) is 6.17. The predicted octanol–water partition coefficient (Wildman–Crippen LogP) is 4.71. The van der Waals surface area contributed by atoms with Gasteiger partial charge < -0.3 is 9.73 Å². The zero-order chi connectivity index (χ0) is 13.0. The lowest BCUT2D eigenvalue weighted by Crippen LogP contribution is -2.11. The third kappa shape index (κ3) is 3.04. The standard InChI is InChI=1S/C16H19NO/c1-12(2)11-15(16-9-6-10-18-16)17-14-8-5-4-7-13(14)3/h4-10,15,17H,1,11H2,2-3H3. The van der Waals surface area contributed by atoms with Gasteiger partial charge in [0.15, 0.2) is 0 Å². The van der Waals surface area contributed by atoms with E-state index < -0.39 is 0 Å². The van der Waals surface area contributed by atoms with E-state index in [1.807, 2.05) is 31.2 Å². The summed E-state index contributed by atoms with van der Waals surface area (Å²) in [5, 5.41) is 3.53. The highest BCUT2D eigenvalue weighted by Crippen LogP contribution is 2.27. The van der Waals surface area contributed by atoms with Crippen LogP contribution in [0.4, 0.5) is 5.69 Å². The van der Waals surface area contributed by atoms with Crippen LogP contribution in [0.1, 0.15) is 30.7 Å². The summed E-state index contributed by atoms with van der Waals surface area (Å²) in [6.07, 6.45) is 2.57. The fourth-order valence-electron chi connectivity index (χ4n) is 1.98. The van der Waals surface area contributed by atoms with Gasteiger partial charge in [0.1, 0.15) is 5.76 Å². The number of hydrogen-bond acceptors (Lipinski definition) is 2. The number of rotatable bonds is 5. The Labute approximate surface area is 108 Å². The molecule has 0 radical (unpaired) electrons. The van der Waals surface area contributed by atoms with Crippen LogP contribution in [-0.2, 0) is 0 Å². The third-order valence-electron chi connectivity index (χ3n) is 2.91. The van der Waals surface area contributed by atoms with Gasteiger partial charge in [-0.3, -0.25) is 0 Å². The molecule has 0 amide bonds. The number of hydrogen-bond donors (Lipinski definition) is 1. The van der Waals surface area contributed by atoms with Crippen molar-refractivity contribution in [3.8, 4) is 0 Å². The molecule has 0 saturated carbocycles. The van der Waals surface area contributed by atoms with Gasteiger partial charge in [0.05, 0.1) is 12.3 Å². The maximum Gasteiger partial charge on any atom is 0.126 e. The molecule has 0 aliphatic heterocycles. The van der Waals surface area contributed by atoms with Gasteiger partial charge in [-0.25, -0.2) is 0 Å². The molecule has 0 aliphatic rings. The molecule has 1 unspecified atom stereocenters. The summed E-state index contributed by atoms with van der Waals surface area (Å²) in [6.45, 7) is 8.12. The van der Waals surface area contributed by atoms with E-state index in [2.05, 4.69) is 31.0 Å². The highest BCUT2D eigenvalue weighted by molar-refractivity contribution is 5.51. The molecule has 0 bridgehead atoms. The van der Waals surface area contributed by atoms with Crippen LogP contribution >= 0.6 is 0 Å². The summed E-state index contributed by atoms with van der Waals surface area (Å²) in [7, 11) is 0. The van der Waals surface area contributed by atoms with E-state index in [1.165, 1.54) is 5.56 Å². The molecule has 1 aromatic carbocycles. The van der Waals surface area contributed by atoms with Crippen molar-refractivity contribution >= 4 is 5.69 Å². The molecule has 0 saturated heterocycles. The number of para-hydroxylation sites is 1. The van der Waals surface area contributed by atoms with Gasteiger partial charge in [0, 0.05) is 5.69 Å². The maximum atomic E-state index is 5.50. The maximum absolute atomic E-state index is 5.50. The number of anilines is 1. The first-order chi connectivity index (χ1) is 8.66. The highest BCUT2D eigenvalue weighted by Gasteiger charge is 2.14. The lowest BCUT2D eigenvalue weighted by atomic mass is 10.1. The molecular formula is C16H19NO. The second-order valence-corrected chi connectivity index (χ2v) is 4.69. The molecule has 0 aliphatic carbocycles. The van der Waals surface area contributed by atoms with Crippen molar-refractivity contribution in [2.45, 2.75) is 26.3 Å². The number of aryl methyl sites for hydroxylation is 1. The topological polar surface area (TPSA) is 25.2 Å². The largest absolute Gasteiger partial charge is 0.467 e. The molecule has 1 atom stereocenters. The molecule has 94 valence electrons. The van der Waals surface area contributed by atoms with Crippen LogP contribution in [0.2, 0.25) is 0 Å².